The fraction of sp³-hybridized carbons (Fsp3) is 0.500. The standard InChI is InChI=1S/C22H27FN2O3S2/c23-18-7-9-19(10-8-18)30(27,28)25-13-11-17(12-14-25)22(26)24-21(16-4-1-2-5-16)20-6-3-15-29-20/h3,6-10,15-17,21H,1-2,4-5,11-14H2,(H,24,26). The number of benzene rings is 1. The lowest BCUT2D eigenvalue weighted by Gasteiger charge is -2.32. The number of thiophene rings is 1. The highest BCUT2D eigenvalue weighted by Gasteiger charge is 2.34. The number of carbonyl (C=O) groups is 1. The second kappa shape index (κ2) is 9.16. The van der Waals surface area contributed by atoms with Gasteiger partial charge in [-0.05, 0) is 67.3 Å². The number of hydrogen-bond acceptors (Lipinski definition) is 4. The van der Waals surface area contributed by atoms with Crippen LogP contribution in [-0.4, -0.2) is 31.7 Å². The molecule has 0 spiro atoms. The molecule has 1 aliphatic carbocycles. The quantitative estimate of drug-likeness (QED) is 0.712. The summed E-state index contributed by atoms with van der Waals surface area (Å²) in [6, 6.07) is 9.05. The number of piperidine rings is 1. The highest BCUT2D eigenvalue weighted by Crippen LogP contribution is 2.38. The Morgan fingerprint density at radius 3 is 2.33 bits per heavy atom. The van der Waals surface area contributed by atoms with Crippen molar-refractivity contribution in [1.29, 1.82) is 0 Å². The van der Waals surface area contributed by atoms with Crippen LogP contribution in [0.5, 0.6) is 0 Å². The van der Waals surface area contributed by atoms with Crippen LogP contribution in [0.3, 0.4) is 0 Å². The summed E-state index contributed by atoms with van der Waals surface area (Å²) in [5, 5.41) is 5.33. The number of carbonyl (C=O) groups excluding carboxylic acids is 1. The summed E-state index contributed by atoms with van der Waals surface area (Å²) >= 11 is 1.68. The highest BCUT2D eigenvalue weighted by atomic mass is 32.2. The molecule has 2 aromatic rings. The minimum absolute atomic E-state index is 0.0270. The van der Waals surface area contributed by atoms with E-state index in [0.717, 1.165) is 25.0 Å². The molecule has 1 saturated carbocycles. The Morgan fingerprint density at radius 2 is 1.73 bits per heavy atom. The van der Waals surface area contributed by atoms with Crippen molar-refractivity contribution in [2.45, 2.75) is 49.5 Å². The molecule has 2 aliphatic rings. The molecule has 8 heteroatoms. The number of hydrogen-bond donors (Lipinski definition) is 1. The lowest BCUT2D eigenvalue weighted by atomic mass is 9.93. The molecule has 1 aromatic carbocycles. The smallest absolute Gasteiger partial charge is 0.243 e. The second-order valence-electron chi connectivity index (χ2n) is 8.18. The molecule has 0 radical (unpaired) electrons. The van der Waals surface area contributed by atoms with Crippen molar-refractivity contribution < 1.29 is 17.6 Å². The van der Waals surface area contributed by atoms with Gasteiger partial charge >= 0.3 is 0 Å². The molecule has 1 amide bonds. The molecule has 2 heterocycles. The van der Waals surface area contributed by atoms with Gasteiger partial charge in [0.1, 0.15) is 5.82 Å². The molecular weight excluding hydrogens is 423 g/mol. The van der Waals surface area contributed by atoms with E-state index in [0.29, 0.717) is 31.8 Å². The summed E-state index contributed by atoms with van der Waals surface area (Å²) < 4.78 is 40.1. The number of amides is 1. The Balaban J connectivity index is 1.38. The summed E-state index contributed by atoms with van der Waals surface area (Å²) in [5.74, 6) is -0.147. The van der Waals surface area contributed by atoms with Crippen LogP contribution in [0.4, 0.5) is 4.39 Å². The van der Waals surface area contributed by atoms with E-state index < -0.39 is 15.8 Å². The predicted octanol–water partition coefficient (Wildman–Crippen LogP) is 4.34. The minimum Gasteiger partial charge on any atom is -0.348 e. The van der Waals surface area contributed by atoms with Gasteiger partial charge in [-0.3, -0.25) is 4.79 Å². The maximum atomic E-state index is 13.1. The Hall–Kier alpha value is -1.77. The summed E-state index contributed by atoms with van der Waals surface area (Å²) in [7, 11) is -3.66. The molecule has 2 fully saturated rings. The fourth-order valence-corrected chi connectivity index (χ4v) is 6.90. The monoisotopic (exact) mass is 450 g/mol. The first kappa shape index (κ1) is 21.5. The van der Waals surface area contributed by atoms with Gasteiger partial charge in [-0.15, -0.1) is 11.3 Å². The van der Waals surface area contributed by atoms with E-state index in [1.54, 1.807) is 11.3 Å². The van der Waals surface area contributed by atoms with E-state index in [1.807, 2.05) is 11.4 Å². The van der Waals surface area contributed by atoms with Crippen molar-refractivity contribution in [2.24, 2.45) is 11.8 Å². The zero-order valence-corrected chi connectivity index (χ0v) is 18.4. The van der Waals surface area contributed by atoms with Crippen LogP contribution >= 0.6 is 11.3 Å². The third-order valence-corrected chi connectivity index (χ3v) is 9.16. The van der Waals surface area contributed by atoms with Gasteiger partial charge in [0.05, 0.1) is 10.9 Å². The molecule has 1 unspecified atom stereocenters. The Labute approximate surface area is 181 Å². The topological polar surface area (TPSA) is 66.5 Å². The average molecular weight is 451 g/mol. The van der Waals surface area contributed by atoms with Crippen LogP contribution in [0.25, 0.3) is 0 Å². The van der Waals surface area contributed by atoms with Crippen molar-refractivity contribution in [1.82, 2.24) is 9.62 Å². The van der Waals surface area contributed by atoms with Gasteiger partial charge in [-0.2, -0.15) is 4.31 Å². The van der Waals surface area contributed by atoms with Crippen LogP contribution in [-0.2, 0) is 14.8 Å². The minimum atomic E-state index is -3.66. The first-order chi connectivity index (χ1) is 14.4. The van der Waals surface area contributed by atoms with E-state index in [-0.39, 0.29) is 22.8 Å². The number of sulfonamides is 1. The van der Waals surface area contributed by atoms with Crippen LogP contribution < -0.4 is 5.32 Å². The van der Waals surface area contributed by atoms with Gasteiger partial charge in [-0.25, -0.2) is 12.8 Å². The van der Waals surface area contributed by atoms with Crippen molar-refractivity contribution in [3.63, 3.8) is 0 Å². The maximum Gasteiger partial charge on any atom is 0.243 e. The predicted molar refractivity (Wildman–Crippen MR) is 115 cm³/mol. The highest BCUT2D eigenvalue weighted by molar-refractivity contribution is 7.89. The van der Waals surface area contributed by atoms with E-state index in [4.69, 9.17) is 0 Å². The van der Waals surface area contributed by atoms with E-state index in [1.165, 1.54) is 34.2 Å². The second-order valence-corrected chi connectivity index (χ2v) is 11.1. The molecule has 0 bridgehead atoms. The lowest BCUT2D eigenvalue weighted by molar-refractivity contribution is -0.127. The van der Waals surface area contributed by atoms with Gasteiger partial charge in [0.15, 0.2) is 0 Å². The molecule has 1 aromatic heterocycles. The van der Waals surface area contributed by atoms with Gasteiger partial charge in [0.2, 0.25) is 15.9 Å². The Kier molecular flexibility index (Phi) is 6.55. The third-order valence-electron chi connectivity index (χ3n) is 6.29. The van der Waals surface area contributed by atoms with Crippen molar-refractivity contribution in [3.8, 4) is 0 Å². The molecule has 5 nitrogen and oxygen atoms in total. The molecule has 162 valence electrons. The van der Waals surface area contributed by atoms with Gasteiger partial charge in [0, 0.05) is 23.9 Å². The zero-order chi connectivity index (χ0) is 21.1. The molecule has 30 heavy (non-hydrogen) atoms. The van der Waals surface area contributed by atoms with Crippen LogP contribution in [0.1, 0.15) is 49.4 Å². The van der Waals surface area contributed by atoms with Gasteiger partial charge < -0.3 is 5.32 Å². The van der Waals surface area contributed by atoms with Crippen molar-refractivity contribution in [2.75, 3.05) is 13.1 Å². The zero-order valence-electron chi connectivity index (χ0n) is 16.8. The number of nitrogens with one attached hydrogen (secondary N) is 1. The fourth-order valence-electron chi connectivity index (χ4n) is 4.57. The number of nitrogens with zero attached hydrogens (tertiary/aromatic N) is 1. The normalized spacial score (nSPS) is 20.3. The summed E-state index contributed by atoms with van der Waals surface area (Å²) in [4.78, 5) is 14.3. The van der Waals surface area contributed by atoms with E-state index >= 15 is 0 Å². The van der Waals surface area contributed by atoms with E-state index in [2.05, 4.69) is 11.4 Å². The summed E-state index contributed by atoms with van der Waals surface area (Å²) in [5.41, 5.74) is 0. The maximum absolute atomic E-state index is 13.1. The van der Waals surface area contributed by atoms with Gasteiger partial charge in [-0.1, -0.05) is 18.9 Å². The van der Waals surface area contributed by atoms with Crippen LogP contribution in [0.15, 0.2) is 46.7 Å². The average Bonchev–Trinajstić information content (AvgIpc) is 3.47. The summed E-state index contributed by atoms with van der Waals surface area (Å²) in [6.07, 6.45) is 5.68. The first-order valence-electron chi connectivity index (χ1n) is 10.5. The lowest BCUT2D eigenvalue weighted by Crippen LogP contribution is -2.44. The van der Waals surface area contributed by atoms with Crippen molar-refractivity contribution in [3.05, 3.63) is 52.5 Å². The SMILES string of the molecule is O=C(NC(c1cccs1)C1CCCC1)C1CCN(S(=O)(=O)c2ccc(F)cc2)CC1. The Bertz CT molecular complexity index is 947. The molecule has 1 saturated heterocycles. The van der Waals surface area contributed by atoms with Gasteiger partial charge in [0.25, 0.3) is 0 Å². The largest absolute Gasteiger partial charge is 0.348 e. The molecule has 1 atom stereocenters. The summed E-state index contributed by atoms with van der Waals surface area (Å²) in [6.45, 7) is 0.593. The molecular formula is C22H27FN2O3S2. The molecule has 1 aliphatic heterocycles. The third kappa shape index (κ3) is 4.60. The number of halogens is 1. The first-order valence-corrected chi connectivity index (χ1v) is 12.9. The Morgan fingerprint density at radius 1 is 1.07 bits per heavy atom. The van der Waals surface area contributed by atoms with Crippen LogP contribution in [0.2, 0.25) is 0 Å². The van der Waals surface area contributed by atoms with Crippen LogP contribution in [0, 0.1) is 17.7 Å². The number of rotatable bonds is 6. The van der Waals surface area contributed by atoms with E-state index in [9.17, 15) is 17.6 Å². The molecule has 1 N–H and O–H groups in total. The molecule has 4 rings (SSSR count). The van der Waals surface area contributed by atoms with Crippen molar-refractivity contribution >= 4 is 27.3 Å².